The summed E-state index contributed by atoms with van der Waals surface area (Å²) in [6.07, 6.45) is 2.04. The summed E-state index contributed by atoms with van der Waals surface area (Å²) >= 11 is 0. The van der Waals surface area contributed by atoms with E-state index in [1.165, 1.54) is 97.8 Å². The number of nitrogens with one attached hydrogen (secondary N) is 11. The number of aliphatic hydroxyl groups excluding tert-OH is 1. The van der Waals surface area contributed by atoms with Gasteiger partial charge in [0.1, 0.15) is 76.0 Å². The molecular formula is C67H115N15O16. The van der Waals surface area contributed by atoms with Gasteiger partial charge in [0.15, 0.2) is 0 Å². The number of carbonyl (C=O) groups is 15. The molecule has 0 aliphatic carbocycles. The monoisotopic (exact) mass is 1390 g/mol. The van der Waals surface area contributed by atoms with Crippen molar-refractivity contribution in [2.75, 3.05) is 26.2 Å². The Kier molecular flexibility index (Phi) is 30.2. The lowest BCUT2D eigenvalue weighted by atomic mass is 9.94. The lowest BCUT2D eigenvalue weighted by Gasteiger charge is -2.37. The van der Waals surface area contributed by atoms with Gasteiger partial charge in [-0.15, -0.1) is 0 Å². The Bertz CT molecular complexity index is 2960. The van der Waals surface area contributed by atoms with E-state index >= 15 is 0 Å². The van der Waals surface area contributed by atoms with Crippen molar-refractivity contribution in [2.24, 2.45) is 29.4 Å². The summed E-state index contributed by atoms with van der Waals surface area (Å²) in [5.41, 5.74) is -2.65. The number of hydrogen-bond acceptors (Lipinski definition) is 16. The van der Waals surface area contributed by atoms with Crippen molar-refractivity contribution in [1.29, 1.82) is 0 Å². The molecule has 0 aromatic heterocycles. The summed E-state index contributed by atoms with van der Waals surface area (Å²) in [5.74, 6) is -11.5. The van der Waals surface area contributed by atoms with Gasteiger partial charge in [0.25, 0.3) is 0 Å². The minimum Gasteiger partial charge on any atom is -0.394 e. The second-order valence-electron chi connectivity index (χ2n) is 30.3. The fourth-order valence-corrected chi connectivity index (χ4v) is 12.0. The third-order valence-corrected chi connectivity index (χ3v) is 18.2. The van der Waals surface area contributed by atoms with Crippen LogP contribution in [-0.2, 0) is 71.9 Å². The molecular weight excluding hydrogens is 1270 g/mol. The third-order valence-electron chi connectivity index (χ3n) is 18.2. The van der Waals surface area contributed by atoms with Crippen molar-refractivity contribution in [3.63, 3.8) is 0 Å². The van der Waals surface area contributed by atoms with E-state index in [1.54, 1.807) is 34.6 Å². The van der Waals surface area contributed by atoms with Crippen LogP contribution in [0.3, 0.4) is 0 Å². The Morgan fingerprint density at radius 3 is 1.29 bits per heavy atom. The summed E-state index contributed by atoms with van der Waals surface area (Å²) < 4.78 is 0. The molecule has 0 aromatic carbocycles. The van der Waals surface area contributed by atoms with Crippen molar-refractivity contribution < 1.29 is 77.0 Å². The summed E-state index contributed by atoms with van der Waals surface area (Å²) in [6.45, 7) is 31.4. The van der Waals surface area contributed by atoms with E-state index in [0.717, 1.165) is 0 Å². The average Bonchev–Trinajstić information content (AvgIpc) is 1.50. The van der Waals surface area contributed by atoms with Gasteiger partial charge < -0.3 is 84.0 Å². The summed E-state index contributed by atoms with van der Waals surface area (Å²) in [6, 6.07) is -9.86. The fraction of sp³-hybridized carbons (Fsp3) is 0.776. The van der Waals surface area contributed by atoms with Crippen LogP contribution in [0.15, 0.2) is 0 Å². The Morgan fingerprint density at radius 2 is 0.878 bits per heavy atom. The number of rotatable bonds is 34. The van der Waals surface area contributed by atoms with Crippen molar-refractivity contribution in [3.05, 3.63) is 0 Å². The molecule has 0 bridgehead atoms. The number of aliphatic hydroxyl groups is 1. The molecule has 3 aliphatic heterocycles. The SMILES string of the molecule is CC[C@H](C)[C@H](NC(=O)C(C)(C)NC(=O)[C@@H]1CCCN1C(=O)C(C)(C)NC(=O)[C@@H](NC(=O)[C@H](C)NC(=O)[C@@H]1CCCN1C(=O)C(C)(C)NC(=O)[C@H](CC(C)C)NC(=O)[C@H](CCC(N)=O)NC(=O)C(C)(C)NC(C)=O)C(C)C)C(=O)NC(C)(C)C(=O)N1CCC[C@H]1C(=O)N[C@H](CO)C(C)C. The molecule has 3 fully saturated rings. The lowest BCUT2D eigenvalue weighted by molar-refractivity contribution is -0.146. The molecule has 15 amide bonds. The van der Waals surface area contributed by atoms with E-state index in [4.69, 9.17) is 5.73 Å². The predicted octanol–water partition coefficient (Wildman–Crippen LogP) is -0.956. The Balaban J connectivity index is 1.68. The molecule has 0 spiro atoms. The largest absolute Gasteiger partial charge is 0.394 e. The molecule has 3 heterocycles. The van der Waals surface area contributed by atoms with E-state index in [9.17, 15) is 77.0 Å². The van der Waals surface area contributed by atoms with Crippen molar-refractivity contribution in [3.8, 4) is 0 Å². The molecule has 31 nitrogen and oxygen atoms in total. The van der Waals surface area contributed by atoms with Crippen LogP contribution in [0.25, 0.3) is 0 Å². The fourth-order valence-electron chi connectivity index (χ4n) is 12.0. The van der Waals surface area contributed by atoms with E-state index in [-0.39, 0.29) is 70.2 Å². The Hall–Kier alpha value is -7.99. The molecule has 0 saturated carbocycles. The van der Waals surface area contributed by atoms with Gasteiger partial charge in [-0.25, -0.2) is 0 Å². The molecule has 3 rings (SSSR count). The van der Waals surface area contributed by atoms with E-state index in [0.29, 0.717) is 32.1 Å². The third kappa shape index (κ3) is 23.1. The molecule has 0 unspecified atom stereocenters. The maximum Gasteiger partial charge on any atom is 0.248 e. The molecule has 554 valence electrons. The molecule has 98 heavy (non-hydrogen) atoms. The van der Waals surface area contributed by atoms with Crippen LogP contribution >= 0.6 is 0 Å². The van der Waals surface area contributed by atoms with Gasteiger partial charge in [-0.2, -0.15) is 0 Å². The molecule has 31 heteroatoms. The first-order valence-corrected chi connectivity index (χ1v) is 34.3. The summed E-state index contributed by atoms with van der Waals surface area (Å²) in [5, 5.41) is 39.3. The maximum absolute atomic E-state index is 14.4. The summed E-state index contributed by atoms with van der Waals surface area (Å²) in [7, 11) is 0. The zero-order chi connectivity index (χ0) is 75.1. The van der Waals surface area contributed by atoms with E-state index in [2.05, 4.69) is 58.5 Å². The molecule has 10 atom stereocenters. The van der Waals surface area contributed by atoms with Crippen LogP contribution in [0, 0.1) is 23.7 Å². The zero-order valence-electron chi connectivity index (χ0n) is 61.4. The van der Waals surface area contributed by atoms with Gasteiger partial charge in [-0.3, -0.25) is 71.9 Å². The van der Waals surface area contributed by atoms with Crippen LogP contribution in [-0.4, -0.2) is 217 Å². The van der Waals surface area contributed by atoms with Crippen molar-refractivity contribution >= 4 is 88.6 Å². The first-order valence-electron chi connectivity index (χ1n) is 34.3. The van der Waals surface area contributed by atoms with Crippen molar-refractivity contribution in [1.82, 2.24) is 73.2 Å². The average molecular weight is 1390 g/mol. The molecule has 0 aromatic rings. The second kappa shape index (κ2) is 35.2. The maximum atomic E-state index is 14.4. The smallest absolute Gasteiger partial charge is 0.248 e. The van der Waals surface area contributed by atoms with Gasteiger partial charge in [0, 0.05) is 33.0 Å². The number of hydrogen-bond donors (Lipinski definition) is 13. The number of likely N-dealkylation sites (tertiary alicyclic amines) is 3. The predicted molar refractivity (Wildman–Crippen MR) is 362 cm³/mol. The van der Waals surface area contributed by atoms with E-state index < -0.39 is 183 Å². The molecule has 14 N–H and O–H groups in total. The van der Waals surface area contributed by atoms with Gasteiger partial charge in [-0.1, -0.05) is 61.8 Å². The minimum atomic E-state index is -1.68. The normalized spacial score (nSPS) is 19.0. The lowest BCUT2D eigenvalue weighted by Crippen LogP contribution is -2.66. The Morgan fingerprint density at radius 1 is 0.459 bits per heavy atom. The number of carbonyl (C=O) groups excluding carboxylic acids is 15. The van der Waals surface area contributed by atoms with Crippen LogP contribution in [0.5, 0.6) is 0 Å². The van der Waals surface area contributed by atoms with Gasteiger partial charge in [0.05, 0.1) is 12.6 Å². The number of nitrogens with zero attached hydrogens (tertiary/aromatic N) is 3. The van der Waals surface area contributed by atoms with E-state index in [1.807, 2.05) is 20.8 Å². The highest BCUT2D eigenvalue weighted by Gasteiger charge is 2.48. The van der Waals surface area contributed by atoms with Gasteiger partial charge >= 0.3 is 0 Å². The van der Waals surface area contributed by atoms with Gasteiger partial charge in [-0.05, 0) is 151 Å². The highest BCUT2D eigenvalue weighted by atomic mass is 16.3. The molecule has 3 saturated heterocycles. The zero-order valence-corrected chi connectivity index (χ0v) is 61.4. The summed E-state index contributed by atoms with van der Waals surface area (Å²) in [4.78, 5) is 209. The number of nitrogens with two attached hydrogens (primary N) is 1. The highest BCUT2D eigenvalue weighted by molar-refractivity contribution is 6.02. The van der Waals surface area contributed by atoms with Crippen LogP contribution < -0.4 is 64.2 Å². The van der Waals surface area contributed by atoms with Gasteiger partial charge in [0.2, 0.25) is 88.6 Å². The Labute approximate surface area is 577 Å². The molecule has 0 radical (unpaired) electrons. The minimum absolute atomic E-state index is 0.0642. The second-order valence-corrected chi connectivity index (χ2v) is 30.3. The van der Waals surface area contributed by atoms with Crippen LogP contribution in [0.4, 0.5) is 0 Å². The van der Waals surface area contributed by atoms with Crippen molar-refractivity contribution in [2.45, 2.75) is 285 Å². The first kappa shape index (κ1) is 84.2. The topological polar surface area (TPSA) is 444 Å². The number of primary amides is 1. The van der Waals surface area contributed by atoms with Crippen LogP contribution in [0.2, 0.25) is 0 Å². The highest BCUT2D eigenvalue weighted by Crippen LogP contribution is 2.27. The first-order chi connectivity index (χ1) is 45.1. The standard InChI is InChI=1S/C67H115N15O16/c1-21-38(8)49(57(93)79-67(19,20)61(97)81-31-23-26-45(81)54(90)71-43(34-83)36(4)5)74-59(95)64(13,14)77-55(91)46-27-24-32-82(46)62(98)66(17,18)78-56(92)48(37(6)7)73-50(86)39(9)69-53(89)44-25-22-30-80(44)60(96)65(15,16)76-52(88)42(33-35(2)3)70-51(87)41(28-29-47(68)85)72-58(94)63(11,12)75-40(10)84/h35-39,41-46,48-49,83H,21-34H2,1-20H3,(H2,68,85)(H,69,89)(H,70,87)(H,71,90)(H,72,94)(H,73,86)(H,74,95)(H,75,84)(H,76,88)(H,77,91)(H,78,92)(H,79,93)/t38-,39-,41-,42-,43+,44-,45-,46-,48-,49-/m0/s1. The molecule has 3 aliphatic rings. The number of amides is 15. The van der Waals surface area contributed by atoms with Crippen LogP contribution in [0.1, 0.15) is 203 Å². The quantitative estimate of drug-likeness (QED) is 0.0369.